The Balaban J connectivity index is 1.71. The molecule has 0 aliphatic carbocycles. The predicted octanol–water partition coefficient (Wildman–Crippen LogP) is 2.47. The summed E-state index contributed by atoms with van der Waals surface area (Å²) >= 11 is 0. The molecular formula is C17H20N4O3. The number of ether oxygens (including phenoxy) is 2. The van der Waals surface area contributed by atoms with Gasteiger partial charge in [0.25, 0.3) is 5.91 Å². The van der Waals surface area contributed by atoms with Gasteiger partial charge in [-0.05, 0) is 38.1 Å². The predicted molar refractivity (Wildman–Crippen MR) is 90.0 cm³/mol. The molecule has 3 rings (SSSR count). The van der Waals surface area contributed by atoms with E-state index >= 15 is 0 Å². The van der Waals surface area contributed by atoms with Crippen LogP contribution in [0, 0.1) is 0 Å². The van der Waals surface area contributed by atoms with Gasteiger partial charge >= 0.3 is 0 Å². The van der Waals surface area contributed by atoms with E-state index in [4.69, 9.17) is 9.47 Å². The Labute approximate surface area is 140 Å². The lowest BCUT2D eigenvalue weighted by Crippen LogP contribution is -2.31. The second-order valence-electron chi connectivity index (χ2n) is 5.26. The highest BCUT2D eigenvalue weighted by Gasteiger charge is 2.15. The third-order valence-corrected chi connectivity index (χ3v) is 3.75. The summed E-state index contributed by atoms with van der Waals surface area (Å²) < 4.78 is 11.0. The second-order valence-corrected chi connectivity index (χ2v) is 5.26. The molecule has 1 amide bonds. The molecule has 24 heavy (non-hydrogen) atoms. The van der Waals surface area contributed by atoms with Crippen molar-refractivity contribution >= 4 is 17.4 Å². The molecule has 2 aromatic rings. The fourth-order valence-corrected chi connectivity index (χ4v) is 2.45. The molecule has 1 aliphatic rings. The molecular weight excluding hydrogens is 308 g/mol. The third-order valence-electron chi connectivity index (χ3n) is 3.75. The van der Waals surface area contributed by atoms with Gasteiger partial charge in [-0.2, -0.15) is 0 Å². The number of benzene rings is 1. The van der Waals surface area contributed by atoms with Crippen molar-refractivity contribution in [1.82, 2.24) is 15.1 Å². The van der Waals surface area contributed by atoms with Crippen LogP contribution in [0.5, 0.6) is 11.5 Å². The highest BCUT2D eigenvalue weighted by molar-refractivity contribution is 5.92. The number of aromatic nitrogens is 2. The van der Waals surface area contributed by atoms with Gasteiger partial charge in [-0.3, -0.25) is 4.79 Å². The van der Waals surface area contributed by atoms with Gasteiger partial charge in [-0.1, -0.05) is 0 Å². The Morgan fingerprint density at radius 2 is 1.83 bits per heavy atom. The number of hydrogen-bond acceptors (Lipinski definition) is 6. The van der Waals surface area contributed by atoms with E-state index in [2.05, 4.69) is 15.5 Å². The first-order valence-electron chi connectivity index (χ1n) is 8.01. The van der Waals surface area contributed by atoms with E-state index in [1.54, 1.807) is 17.0 Å². The number of nitrogens with zero attached hydrogens (tertiary/aromatic N) is 3. The first-order valence-corrected chi connectivity index (χ1v) is 8.01. The van der Waals surface area contributed by atoms with Crippen LogP contribution in [0.15, 0.2) is 30.3 Å². The molecule has 7 nitrogen and oxygen atoms in total. The number of nitrogens with one attached hydrogen (secondary N) is 1. The van der Waals surface area contributed by atoms with Crippen molar-refractivity contribution in [2.75, 3.05) is 31.6 Å². The number of carbonyl (C=O) groups excluding carboxylic acids is 1. The lowest BCUT2D eigenvalue weighted by atomic mass is 10.2. The van der Waals surface area contributed by atoms with E-state index in [0.29, 0.717) is 43.6 Å². The second kappa shape index (κ2) is 7.16. The van der Waals surface area contributed by atoms with Crippen molar-refractivity contribution in [2.24, 2.45) is 0 Å². The Morgan fingerprint density at radius 3 is 2.50 bits per heavy atom. The summed E-state index contributed by atoms with van der Waals surface area (Å²) in [7, 11) is 0. The SMILES string of the molecule is CCN(CC)C(=O)c1ccc(Nc2ccc3c(c2)OCCO3)nn1. The number of rotatable bonds is 5. The summed E-state index contributed by atoms with van der Waals surface area (Å²) in [6.07, 6.45) is 0. The fraction of sp³-hybridized carbons (Fsp3) is 0.353. The van der Waals surface area contributed by atoms with Gasteiger partial charge in [-0.15, -0.1) is 10.2 Å². The van der Waals surface area contributed by atoms with E-state index in [1.807, 2.05) is 32.0 Å². The summed E-state index contributed by atoms with van der Waals surface area (Å²) in [6.45, 7) is 6.27. The van der Waals surface area contributed by atoms with Crippen LogP contribution in [0.2, 0.25) is 0 Å². The Kier molecular flexibility index (Phi) is 4.79. The lowest BCUT2D eigenvalue weighted by molar-refractivity contribution is 0.0766. The first-order chi connectivity index (χ1) is 11.7. The summed E-state index contributed by atoms with van der Waals surface area (Å²) in [5.41, 5.74) is 1.16. The number of anilines is 2. The Bertz CT molecular complexity index is 714. The maximum absolute atomic E-state index is 12.2. The fourth-order valence-electron chi connectivity index (χ4n) is 2.45. The van der Waals surface area contributed by atoms with Gasteiger partial charge in [-0.25, -0.2) is 0 Å². The Hall–Kier alpha value is -2.83. The van der Waals surface area contributed by atoms with Crippen LogP contribution in [-0.4, -0.2) is 47.3 Å². The van der Waals surface area contributed by atoms with Crippen molar-refractivity contribution in [1.29, 1.82) is 0 Å². The standard InChI is InChI=1S/C17H20N4O3/c1-3-21(4-2)17(22)13-6-8-16(20-19-13)18-12-5-7-14-15(11-12)24-10-9-23-14/h5-8,11H,3-4,9-10H2,1-2H3,(H,18,20). The quantitative estimate of drug-likeness (QED) is 0.908. The molecule has 0 saturated carbocycles. The minimum atomic E-state index is -0.113. The molecule has 0 fully saturated rings. The molecule has 2 heterocycles. The van der Waals surface area contributed by atoms with Crippen LogP contribution >= 0.6 is 0 Å². The van der Waals surface area contributed by atoms with E-state index in [9.17, 15) is 4.79 Å². The van der Waals surface area contributed by atoms with Gasteiger partial charge in [0.05, 0.1) is 0 Å². The van der Waals surface area contributed by atoms with Crippen LogP contribution < -0.4 is 14.8 Å². The molecule has 7 heteroatoms. The maximum Gasteiger partial charge on any atom is 0.274 e. The van der Waals surface area contributed by atoms with E-state index in [0.717, 1.165) is 11.4 Å². The average molecular weight is 328 g/mol. The van der Waals surface area contributed by atoms with Crippen molar-refractivity contribution in [3.05, 3.63) is 36.0 Å². The molecule has 0 radical (unpaired) electrons. The number of fused-ring (bicyclic) bond motifs is 1. The van der Waals surface area contributed by atoms with Gasteiger partial charge < -0.3 is 19.7 Å². The van der Waals surface area contributed by atoms with Crippen LogP contribution in [0.25, 0.3) is 0 Å². The highest BCUT2D eigenvalue weighted by Crippen LogP contribution is 2.33. The molecule has 1 N–H and O–H groups in total. The molecule has 0 bridgehead atoms. The van der Waals surface area contributed by atoms with Gasteiger partial charge in [0.15, 0.2) is 23.0 Å². The highest BCUT2D eigenvalue weighted by atomic mass is 16.6. The molecule has 0 saturated heterocycles. The van der Waals surface area contributed by atoms with Crippen LogP contribution in [-0.2, 0) is 0 Å². The Morgan fingerprint density at radius 1 is 1.08 bits per heavy atom. The largest absolute Gasteiger partial charge is 0.486 e. The smallest absolute Gasteiger partial charge is 0.274 e. The van der Waals surface area contributed by atoms with E-state index < -0.39 is 0 Å². The van der Waals surface area contributed by atoms with Gasteiger partial charge in [0.1, 0.15) is 13.2 Å². The minimum Gasteiger partial charge on any atom is -0.486 e. The monoisotopic (exact) mass is 328 g/mol. The third kappa shape index (κ3) is 3.40. The molecule has 0 unspecified atom stereocenters. The summed E-state index contributed by atoms with van der Waals surface area (Å²) in [5.74, 6) is 1.88. The molecule has 0 spiro atoms. The normalized spacial score (nSPS) is 12.6. The topological polar surface area (TPSA) is 76.6 Å². The average Bonchev–Trinajstić information content (AvgIpc) is 2.63. The minimum absolute atomic E-state index is 0.113. The van der Waals surface area contributed by atoms with Gasteiger partial charge in [0.2, 0.25) is 0 Å². The zero-order valence-electron chi connectivity index (χ0n) is 13.8. The van der Waals surface area contributed by atoms with Gasteiger partial charge in [0, 0.05) is 24.8 Å². The lowest BCUT2D eigenvalue weighted by Gasteiger charge is -2.19. The molecule has 1 aliphatic heterocycles. The van der Waals surface area contributed by atoms with Crippen molar-refractivity contribution in [3.63, 3.8) is 0 Å². The molecule has 0 atom stereocenters. The first kappa shape index (κ1) is 16.0. The zero-order valence-corrected chi connectivity index (χ0v) is 13.8. The molecule has 126 valence electrons. The summed E-state index contributed by atoms with van der Waals surface area (Å²) in [6, 6.07) is 8.99. The summed E-state index contributed by atoms with van der Waals surface area (Å²) in [4.78, 5) is 13.9. The summed E-state index contributed by atoms with van der Waals surface area (Å²) in [5, 5.41) is 11.2. The van der Waals surface area contributed by atoms with Crippen molar-refractivity contribution < 1.29 is 14.3 Å². The van der Waals surface area contributed by atoms with E-state index in [1.165, 1.54) is 0 Å². The van der Waals surface area contributed by atoms with E-state index in [-0.39, 0.29) is 5.91 Å². The zero-order chi connectivity index (χ0) is 16.9. The number of hydrogen-bond donors (Lipinski definition) is 1. The van der Waals surface area contributed by atoms with Crippen LogP contribution in [0.4, 0.5) is 11.5 Å². The number of carbonyl (C=O) groups is 1. The maximum atomic E-state index is 12.2. The molecule has 1 aromatic carbocycles. The van der Waals surface area contributed by atoms with Crippen molar-refractivity contribution in [2.45, 2.75) is 13.8 Å². The molecule has 1 aromatic heterocycles. The van der Waals surface area contributed by atoms with Crippen LogP contribution in [0.1, 0.15) is 24.3 Å². The number of amides is 1. The van der Waals surface area contributed by atoms with Crippen molar-refractivity contribution in [3.8, 4) is 11.5 Å². The van der Waals surface area contributed by atoms with Crippen LogP contribution in [0.3, 0.4) is 0 Å².